The molecule has 0 spiro atoms. The van der Waals surface area contributed by atoms with Gasteiger partial charge in [-0.2, -0.15) is 0 Å². The van der Waals surface area contributed by atoms with Crippen LogP contribution in [0.5, 0.6) is 0 Å². The number of benzene rings is 1. The lowest BCUT2D eigenvalue weighted by Crippen LogP contribution is -2.32. The molecule has 1 rings (SSSR count). The molecule has 112 valence electrons. The number of nitrogens with zero attached hydrogens (tertiary/aromatic N) is 1. The van der Waals surface area contributed by atoms with Gasteiger partial charge in [0, 0.05) is 51.5 Å². The molecule has 1 aromatic carbocycles. The summed E-state index contributed by atoms with van der Waals surface area (Å²) >= 11 is 0. The predicted molar refractivity (Wildman–Crippen MR) is 80.0 cm³/mol. The maximum atomic E-state index is 12.1. The molecule has 20 heavy (non-hydrogen) atoms. The van der Waals surface area contributed by atoms with E-state index in [0.29, 0.717) is 37.4 Å². The van der Waals surface area contributed by atoms with Crippen LogP contribution in [0.1, 0.15) is 16.8 Å². The molecular formula is C15H24N2O3. The Bertz CT molecular complexity index is 402. The van der Waals surface area contributed by atoms with Crippen LogP contribution in [-0.2, 0) is 9.47 Å². The van der Waals surface area contributed by atoms with Gasteiger partial charge in [0.15, 0.2) is 5.78 Å². The molecular weight excluding hydrogens is 256 g/mol. The zero-order chi connectivity index (χ0) is 14.8. The molecule has 0 unspecified atom stereocenters. The number of Topliss-reactive ketones (excluding diaryl/α,β-unsaturated/α-hetero) is 1. The van der Waals surface area contributed by atoms with Crippen LogP contribution in [0.3, 0.4) is 0 Å². The quantitative estimate of drug-likeness (QED) is 0.519. The van der Waals surface area contributed by atoms with Crippen LogP contribution in [0.15, 0.2) is 24.3 Å². The molecule has 0 aromatic heterocycles. The summed E-state index contributed by atoms with van der Waals surface area (Å²) in [4.78, 5) is 14.3. The molecule has 0 bridgehead atoms. The molecule has 0 radical (unpaired) electrons. The van der Waals surface area contributed by atoms with Gasteiger partial charge in [0.2, 0.25) is 0 Å². The van der Waals surface area contributed by atoms with Crippen LogP contribution in [0.4, 0.5) is 5.69 Å². The van der Waals surface area contributed by atoms with Crippen LogP contribution >= 0.6 is 0 Å². The topological polar surface area (TPSA) is 64.8 Å². The van der Waals surface area contributed by atoms with Gasteiger partial charge >= 0.3 is 0 Å². The van der Waals surface area contributed by atoms with E-state index in [0.717, 1.165) is 13.1 Å². The molecule has 2 N–H and O–H groups in total. The minimum Gasteiger partial charge on any atom is -0.399 e. The first-order valence-corrected chi connectivity index (χ1v) is 6.76. The van der Waals surface area contributed by atoms with Crippen molar-refractivity contribution in [3.63, 3.8) is 0 Å². The molecule has 0 saturated heterocycles. The second-order valence-corrected chi connectivity index (χ2v) is 4.63. The van der Waals surface area contributed by atoms with Gasteiger partial charge in [0.25, 0.3) is 0 Å². The van der Waals surface area contributed by atoms with Crippen LogP contribution in [0.25, 0.3) is 0 Å². The third kappa shape index (κ3) is 6.14. The van der Waals surface area contributed by atoms with Crippen LogP contribution in [0.2, 0.25) is 0 Å². The summed E-state index contributed by atoms with van der Waals surface area (Å²) in [5, 5.41) is 0. The maximum absolute atomic E-state index is 12.1. The molecule has 5 heteroatoms. The monoisotopic (exact) mass is 280 g/mol. The summed E-state index contributed by atoms with van der Waals surface area (Å²) in [6.07, 6.45) is 0.469. The number of hydrogen-bond donors (Lipinski definition) is 1. The highest BCUT2D eigenvalue weighted by Gasteiger charge is 2.10. The number of ether oxygens (including phenoxy) is 2. The Morgan fingerprint density at radius 3 is 2.35 bits per heavy atom. The zero-order valence-electron chi connectivity index (χ0n) is 12.3. The van der Waals surface area contributed by atoms with Gasteiger partial charge in [-0.15, -0.1) is 0 Å². The fourth-order valence-corrected chi connectivity index (χ4v) is 1.89. The van der Waals surface area contributed by atoms with Crippen molar-refractivity contribution in [3.05, 3.63) is 29.8 Å². The Morgan fingerprint density at radius 2 is 1.80 bits per heavy atom. The van der Waals surface area contributed by atoms with Crippen molar-refractivity contribution < 1.29 is 14.3 Å². The second-order valence-electron chi connectivity index (χ2n) is 4.63. The molecule has 1 aromatic rings. The fourth-order valence-electron chi connectivity index (χ4n) is 1.89. The van der Waals surface area contributed by atoms with Gasteiger partial charge in [0.1, 0.15) is 0 Å². The number of anilines is 1. The van der Waals surface area contributed by atoms with Gasteiger partial charge < -0.3 is 15.2 Å². The normalized spacial score (nSPS) is 10.9. The van der Waals surface area contributed by atoms with Crippen molar-refractivity contribution >= 4 is 11.5 Å². The number of nitrogens with two attached hydrogens (primary N) is 1. The summed E-state index contributed by atoms with van der Waals surface area (Å²) in [6, 6.07) is 7.10. The van der Waals surface area contributed by atoms with Crippen molar-refractivity contribution in [2.45, 2.75) is 6.42 Å². The number of carbonyl (C=O) groups is 1. The third-order valence-electron chi connectivity index (χ3n) is 3.09. The highest BCUT2D eigenvalue weighted by Crippen LogP contribution is 2.09. The van der Waals surface area contributed by atoms with E-state index in [1.54, 1.807) is 38.5 Å². The van der Waals surface area contributed by atoms with Gasteiger partial charge in [-0.05, 0) is 12.1 Å². The van der Waals surface area contributed by atoms with Crippen molar-refractivity contribution in [1.82, 2.24) is 4.90 Å². The zero-order valence-corrected chi connectivity index (χ0v) is 12.3. The molecule has 0 saturated carbocycles. The Hall–Kier alpha value is -1.43. The number of ketones is 1. The largest absolute Gasteiger partial charge is 0.399 e. The average Bonchev–Trinajstić information content (AvgIpc) is 2.46. The molecule has 0 amide bonds. The summed E-state index contributed by atoms with van der Waals surface area (Å²) < 4.78 is 10.2. The molecule has 0 atom stereocenters. The molecule has 0 aliphatic carbocycles. The van der Waals surface area contributed by atoms with E-state index in [-0.39, 0.29) is 5.78 Å². The summed E-state index contributed by atoms with van der Waals surface area (Å²) in [5.74, 6) is 0.108. The second kappa shape index (κ2) is 9.47. The molecule has 5 nitrogen and oxygen atoms in total. The molecule has 0 aliphatic heterocycles. The first-order valence-electron chi connectivity index (χ1n) is 6.76. The van der Waals surface area contributed by atoms with E-state index in [2.05, 4.69) is 4.90 Å². The fraction of sp³-hybridized carbons (Fsp3) is 0.533. The van der Waals surface area contributed by atoms with Crippen molar-refractivity contribution in [2.75, 3.05) is 52.8 Å². The van der Waals surface area contributed by atoms with E-state index in [4.69, 9.17) is 15.2 Å². The van der Waals surface area contributed by atoms with E-state index >= 15 is 0 Å². The summed E-state index contributed by atoms with van der Waals surface area (Å²) in [7, 11) is 3.35. The lowest BCUT2D eigenvalue weighted by Gasteiger charge is -2.21. The SMILES string of the molecule is COCCN(CCOC)CCC(=O)c1cccc(N)c1. The Morgan fingerprint density at radius 1 is 1.15 bits per heavy atom. The van der Waals surface area contributed by atoms with Crippen molar-refractivity contribution in [1.29, 1.82) is 0 Å². The van der Waals surface area contributed by atoms with Crippen LogP contribution < -0.4 is 5.73 Å². The lowest BCUT2D eigenvalue weighted by atomic mass is 10.1. The van der Waals surface area contributed by atoms with Gasteiger partial charge in [0.05, 0.1) is 13.2 Å². The number of carbonyl (C=O) groups excluding carboxylic acids is 1. The number of hydrogen-bond acceptors (Lipinski definition) is 5. The average molecular weight is 280 g/mol. The van der Waals surface area contributed by atoms with Crippen LogP contribution in [0, 0.1) is 0 Å². The minimum atomic E-state index is 0.108. The van der Waals surface area contributed by atoms with Gasteiger partial charge in [-0.25, -0.2) is 0 Å². The number of methoxy groups -OCH3 is 2. The predicted octanol–water partition coefficient (Wildman–Crippen LogP) is 1.44. The summed E-state index contributed by atoms with van der Waals surface area (Å²) in [5.41, 5.74) is 6.98. The molecule has 0 fully saturated rings. The van der Waals surface area contributed by atoms with Crippen molar-refractivity contribution in [3.8, 4) is 0 Å². The maximum Gasteiger partial charge on any atom is 0.164 e. The Labute approximate surface area is 120 Å². The minimum absolute atomic E-state index is 0.108. The highest BCUT2D eigenvalue weighted by atomic mass is 16.5. The van der Waals surface area contributed by atoms with Gasteiger partial charge in [-0.1, -0.05) is 12.1 Å². The number of nitrogen functional groups attached to an aromatic ring is 1. The lowest BCUT2D eigenvalue weighted by molar-refractivity contribution is 0.0911. The first-order chi connectivity index (χ1) is 9.67. The molecule has 0 heterocycles. The van der Waals surface area contributed by atoms with E-state index in [9.17, 15) is 4.79 Å². The van der Waals surface area contributed by atoms with E-state index < -0.39 is 0 Å². The Balaban J connectivity index is 2.46. The first kappa shape index (κ1) is 16.6. The Kier molecular flexibility index (Phi) is 7.87. The summed E-state index contributed by atoms with van der Waals surface area (Å²) in [6.45, 7) is 3.58. The smallest absolute Gasteiger partial charge is 0.164 e. The standard InChI is InChI=1S/C15H24N2O3/c1-19-10-8-17(9-11-20-2)7-6-15(18)13-4-3-5-14(16)12-13/h3-5,12H,6-11,16H2,1-2H3. The van der Waals surface area contributed by atoms with Gasteiger partial charge in [-0.3, -0.25) is 9.69 Å². The third-order valence-corrected chi connectivity index (χ3v) is 3.09. The number of rotatable bonds is 10. The van der Waals surface area contributed by atoms with Crippen LogP contribution in [-0.4, -0.2) is 57.8 Å². The molecule has 0 aliphatic rings. The van der Waals surface area contributed by atoms with E-state index in [1.165, 1.54) is 0 Å². The van der Waals surface area contributed by atoms with Crippen molar-refractivity contribution in [2.24, 2.45) is 0 Å². The van der Waals surface area contributed by atoms with E-state index in [1.807, 2.05) is 0 Å². The highest BCUT2D eigenvalue weighted by molar-refractivity contribution is 5.96.